The van der Waals surface area contributed by atoms with E-state index in [2.05, 4.69) is 10.6 Å². The van der Waals surface area contributed by atoms with Gasteiger partial charge in [-0.2, -0.15) is 0 Å². The fourth-order valence-corrected chi connectivity index (χ4v) is 2.21. The zero-order valence-electron chi connectivity index (χ0n) is 14.7. The van der Waals surface area contributed by atoms with Gasteiger partial charge in [-0.05, 0) is 50.4 Å². The van der Waals surface area contributed by atoms with Crippen LogP contribution in [0, 0.1) is 0 Å². The Morgan fingerprint density at radius 1 is 1.00 bits per heavy atom. The number of nitrogens with zero attached hydrogens (tertiary/aromatic N) is 1. The molecule has 132 valence electrons. The average molecular weight is 341 g/mol. The highest BCUT2D eigenvalue weighted by atomic mass is 16.5. The van der Waals surface area contributed by atoms with Crippen molar-refractivity contribution in [3.8, 4) is 5.75 Å². The van der Waals surface area contributed by atoms with Crippen LogP contribution in [0.4, 0.5) is 11.4 Å². The van der Waals surface area contributed by atoms with Crippen molar-refractivity contribution < 1.29 is 14.3 Å². The zero-order chi connectivity index (χ0) is 18.2. The third kappa shape index (κ3) is 5.61. The van der Waals surface area contributed by atoms with E-state index in [-0.39, 0.29) is 18.4 Å². The normalized spacial score (nSPS) is 11.7. The molecule has 2 aromatic rings. The molecule has 2 rings (SSSR count). The molecule has 2 N–H and O–H groups in total. The predicted molar refractivity (Wildman–Crippen MR) is 98.8 cm³/mol. The lowest BCUT2D eigenvalue weighted by molar-refractivity contribution is -0.122. The third-order valence-electron chi connectivity index (χ3n) is 3.85. The number of carbonyl (C=O) groups excluding carboxylic acids is 2. The van der Waals surface area contributed by atoms with Crippen LogP contribution in [-0.2, 0) is 9.59 Å². The average Bonchev–Trinajstić information content (AvgIpc) is 2.62. The second-order valence-corrected chi connectivity index (χ2v) is 5.72. The summed E-state index contributed by atoms with van der Waals surface area (Å²) in [4.78, 5) is 26.1. The summed E-state index contributed by atoms with van der Waals surface area (Å²) in [6.45, 7) is 1.87. The highest BCUT2D eigenvalue weighted by molar-refractivity contribution is 5.96. The number of rotatable bonds is 7. The van der Waals surface area contributed by atoms with Gasteiger partial charge < -0.3 is 15.4 Å². The molecule has 0 aliphatic heterocycles. The van der Waals surface area contributed by atoms with Crippen molar-refractivity contribution in [2.24, 2.45) is 0 Å². The van der Waals surface area contributed by atoms with Crippen LogP contribution in [0.1, 0.15) is 6.92 Å². The van der Waals surface area contributed by atoms with Gasteiger partial charge in [0.15, 0.2) is 0 Å². The number of benzene rings is 2. The van der Waals surface area contributed by atoms with Gasteiger partial charge >= 0.3 is 0 Å². The van der Waals surface area contributed by atoms with Crippen molar-refractivity contribution in [2.75, 3.05) is 31.3 Å². The summed E-state index contributed by atoms with van der Waals surface area (Å²) in [5.74, 6) is 0.374. The van der Waals surface area contributed by atoms with Gasteiger partial charge in [0, 0.05) is 11.4 Å². The van der Waals surface area contributed by atoms with Crippen molar-refractivity contribution in [2.45, 2.75) is 13.0 Å². The smallest absolute Gasteiger partial charge is 0.241 e. The quantitative estimate of drug-likeness (QED) is 0.812. The first-order chi connectivity index (χ1) is 12.0. The molecule has 25 heavy (non-hydrogen) atoms. The molecule has 0 saturated carbocycles. The van der Waals surface area contributed by atoms with E-state index in [1.54, 1.807) is 50.2 Å². The molecule has 1 unspecified atom stereocenters. The second-order valence-electron chi connectivity index (χ2n) is 5.72. The summed E-state index contributed by atoms with van der Waals surface area (Å²) in [5.41, 5.74) is 1.41. The maximum atomic E-state index is 12.3. The van der Waals surface area contributed by atoms with Crippen molar-refractivity contribution in [1.29, 1.82) is 0 Å². The summed E-state index contributed by atoms with van der Waals surface area (Å²) in [5, 5.41) is 5.63. The standard InChI is InChI=1S/C19H23N3O3/c1-14(19(24)21-15-7-5-4-6-8-15)22(2)13-18(23)20-16-9-11-17(25-3)12-10-16/h4-12,14H,13H2,1-3H3,(H,20,23)(H,21,24). The molecule has 0 bridgehead atoms. The first kappa shape index (κ1) is 18.5. The lowest BCUT2D eigenvalue weighted by Crippen LogP contribution is -2.43. The van der Waals surface area contributed by atoms with Crippen molar-refractivity contribution in [3.05, 3.63) is 54.6 Å². The molecule has 0 spiro atoms. The Labute approximate surface area is 147 Å². The SMILES string of the molecule is COc1ccc(NC(=O)CN(C)C(C)C(=O)Nc2ccccc2)cc1. The van der Waals surface area contributed by atoms with Crippen molar-refractivity contribution in [3.63, 3.8) is 0 Å². The van der Waals surface area contributed by atoms with Crippen molar-refractivity contribution >= 4 is 23.2 Å². The fourth-order valence-electron chi connectivity index (χ4n) is 2.21. The molecule has 0 aliphatic carbocycles. The minimum absolute atomic E-state index is 0.107. The van der Waals surface area contributed by atoms with Crippen LogP contribution in [0.2, 0.25) is 0 Å². The highest BCUT2D eigenvalue weighted by Gasteiger charge is 2.20. The van der Waals surface area contributed by atoms with Crippen LogP contribution in [0.5, 0.6) is 5.75 Å². The Morgan fingerprint density at radius 3 is 2.20 bits per heavy atom. The summed E-state index contributed by atoms with van der Waals surface area (Å²) in [6.07, 6.45) is 0. The third-order valence-corrected chi connectivity index (χ3v) is 3.85. The van der Waals surface area contributed by atoms with Gasteiger partial charge in [0.1, 0.15) is 5.75 Å². The van der Waals surface area contributed by atoms with E-state index in [1.807, 2.05) is 30.3 Å². The van der Waals surface area contributed by atoms with Gasteiger partial charge in [-0.25, -0.2) is 0 Å². The number of para-hydroxylation sites is 1. The molecule has 0 aliphatic rings. The van der Waals surface area contributed by atoms with Gasteiger partial charge in [0.05, 0.1) is 19.7 Å². The van der Waals surface area contributed by atoms with Crippen LogP contribution in [-0.4, -0.2) is 43.5 Å². The fraction of sp³-hybridized carbons (Fsp3) is 0.263. The monoisotopic (exact) mass is 341 g/mol. The molecule has 0 fully saturated rings. The number of likely N-dealkylation sites (N-methyl/N-ethyl adjacent to an activating group) is 1. The minimum Gasteiger partial charge on any atom is -0.497 e. The van der Waals surface area contributed by atoms with Gasteiger partial charge in [-0.3, -0.25) is 14.5 Å². The molecular weight excluding hydrogens is 318 g/mol. The van der Waals surface area contributed by atoms with Gasteiger partial charge in [0.2, 0.25) is 11.8 Å². The molecule has 6 nitrogen and oxygen atoms in total. The molecule has 2 amide bonds. The molecular formula is C19H23N3O3. The molecule has 0 radical (unpaired) electrons. The maximum Gasteiger partial charge on any atom is 0.241 e. The Kier molecular flexibility index (Phi) is 6.54. The van der Waals surface area contributed by atoms with E-state index < -0.39 is 6.04 Å². The predicted octanol–water partition coefficient (Wildman–Crippen LogP) is 2.59. The molecule has 2 aromatic carbocycles. The summed E-state index contributed by atoms with van der Waals surface area (Å²) >= 11 is 0. The number of ether oxygens (including phenoxy) is 1. The molecule has 0 heterocycles. The van der Waals surface area contributed by atoms with Crippen molar-refractivity contribution in [1.82, 2.24) is 4.90 Å². The Balaban J connectivity index is 1.85. The number of hydrogen-bond acceptors (Lipinski definition) is 4. The lowest BCUT2D eigenvalue weighted by Gasteiger charge is -2.23. The lowest BCUT2D eigenvalue weighted by atomic mass is 10.2. The maximum absolute atomic E-state index is 12.3. The van der Waals surface area contributed by atoms with Crippen LogP contribution in [0.15, 0.2) is 54.6 Å². The first-order valence-corrected chi connectivity index (χ1v) is 7.99. The molecule has 0 aromatic heterocycles. The van der Waals surface area contributed by atoms with E-state index in [1.165, 1.54) is 0 Å². The van der Waals surface area contributed by atoms with Gasteiger partial charge in [-0.1, -0.05) is 18.2 Å². The zero-order valence-corrected chi connectivity index (χ0v) is 14.7. The molecule has 1 atom stereocenters. The number of nitrogens with one attached hydrogen (secondary N) is 2. The van der Waals surface area contributed by atoms with Crippen LogP contribution in [0.25, 0.3) is 0 Å². The van der Waals surface area contributed by atoms with Gasteiger partial charge in [-0.15, -0.1) is 0 Å². The number of hydrogen-bond donors (Lipinski definition) is 2. The van der Waals surface area contributed by atoms with E-state index >= 15 is 0 Å². The number of carbonyl (C=O) groups is 2. The summed E-state index contributed by atoms with van der Waals surface area (Å²) in [6, 6.07) is 15.9. The molecule has 0 saturated heterocycles. The van der Waals surface area contributed by atoms with E-state index in [0.717, 1.165) is 11.4 Å². The first-order valence-electron chi connectivity index (χ1n) is 7.99. The van der Waals surface area contributed by atoms with Crippen LogP contribution >= 0.6 is 0 Å². The second kappa shape index (κ2) is 8.84. The Hall–Kier alpha value is -2.86. The number of amides is 2. The summed E-state index contributed by atoms with van der Waals surface area (Å²) < 4.78 is 5.08. The van der Waals surface area contributed by atoms with E-state index in [0.29, 0.717) is 5.69 Å². The van der Waals surface area contributed by atoms with E-state index in [9.17, 15) is 9.59 Å². The van der Waals surface area contributed by atoms with Crippen LogP contribution in [0.3, 0.4) is 0 Å². The molecule has 6 heteroatoms. The minimum atomic E-state index is -0.443. The number of methoxy groups -OCH3 is 1. The summed E-state index contributed by atoms with van der Waals surface area (Å²) in [7, 11) is 3.33. The van der Waals surface area contributed by atoms with E-state index in [4.69, 9.17) is 4.74 Å². The highest BCUT2D eigenvalue weighted by Crippen LogP contribution is 2.15. The number of anilines is 2. The Bertz CT molecular complexity index is 702. The van der Waals surface area contributed by atoms with Crippen LogP contribution < -0.4 is 15.4 Å². The largest absolute Gasteiger partial charge is 0.497 e. The Morgan fingerprint density at radius 2 is 1.60 bits per heavy atom. The van der Waals surface area contributed by atoms with Gasteiger partial charge in [0.25, 0.3) is 0 Å². The topological polar surface area (TPSA) is 70.7 Å².